The van der Waals surface area contributed by atoms with E-state index in [9.17, 15) is 4.79 Å². The van der Waals surface area contributed by atoms with Gasteiger partial charge in [-0.05, 0) is 35.4 Å². The highest BCUT2D eigenvalue weighted by Gasteiger charge is 2.24. The maximum absolute atomic E-state index is 11.8. The van der Waals surface area contributed by atoms with Gasteiger partial charge in [-0.25, -0.2) is 0 Å². The fraction of sp³-hybridized carbons (Fsp3) is 0.562. The van der Waals surface area contributed by atoms with Gasteiger partial charge in [0.25, 0.3) is 0 Å². The molecule has 0 atom stereocenters. The van der Waals surface area contributed by atoms with Crippen molar-refractivity contribution in [3.05, 3.63) is 29.3 Å². The van der Waals surface area contributed by atoms with Gasteiger partial charge in [0, 0.05) is 6.04 Å². The van der Waals surface area contributed by atoms with Gasteiger partial charge in [0.05, 0.1) is 13.5 Å². The third kappa shape index (κ3) is 3.72. The number of carbonyl (C=O) groups is 1. The summed E-state index contributed by atoms with van der Waals surface area (Å²) in [6, 6.07) is 6.44. The highest BCUT2D eigenvalue weighted by Crippen LogP contribution is 2.32. The lowest BCUT2D eigenvalue weighted by Crippen LogP contribution is -2.27. The van der Waals surface area contributed by atoms with Crippen molar-refractivity contribution in [3.63, 3.8) is 0 Å². The highest BCUT2D eigenvalue weighted by atomic mass is 16.5. The lowest BCUT2D eigenvalue weighted by atomic mass is 9.85. The molecule has 0 spiro atoms. The molecule has 1 amide bonds. The maximum atomic E-state index is 11.8. The zero-order valence-corrected chi connectivity index (χ0v) is 12.2. The molecule has 1 saturated carbocycles. The molecular formula is C16H23NO2. The molecule has 0 saturated heterocycles. The first-order valence-electron chi connectivity index (χ1n) is 6.87. The van der Waals surface area contributed by atoms with Gasteiger partial charge in [0.1, 0.15) is 5.75 Å². The first-order valence-corrected chi connectivity index (χ1v) is 6.87. The molecule has 0 aliphatic heterocycles. The van der Waals surface area contributed by atoms with Gasteiger partial charge in [-0.3, -0.25) is 4.79 Å². The Hall–Kier alpha value is -1.51. The third-order valence-electron chi connectivity index (χ3n) is 3.38. The van der Waals surface area contributed by atoms with Crippen LogP contribution in [0.25, 0.3) is 0 Å². The van der Waals surface area contributed by atoms with Crippen LogP contribution in [0.5, 0.6) is 5.75 Å². The summed E-state index contributed by atoms with van der Waals surface area (Å²) in [5.74, 6) is 1.01. The quantitative estimate of drug-likeness (QED) is 0.905. The van der Waals surface area contributed by atoms with Crippen molar-refractivity contribution >= 4 is 5.91 Å². The standard InChI is InChI=1S/C16H23NO2/c1-16(2,3)13-9-11(5-8-14(13)19-4)10-15(18)17-12-6-7-12/h5,8-9,12H,6-7,10H2,1-4H3,(H,17,18). The summed E-state index contributed by atoms with van der Waals surface area (Å²) in [6.45, 7) is 6.46. The van der Waals surface area contributed by atoms with E-state index in [-0.39, 0.29) is 11.3 Å². The monoisotopic (exact) mass is 261 g/mol. The predicted octanol–water partition coefficient (Wildman–Crippen LogP) is 2.81. The summed E-state index contributed by atoms with van der Waals surface area (Å²) in [4.78, 5) is 11.8. The summed E-state index contributed by atoms with van der Waals surface area (Å²) in [5.41, 5.74) is 2.20. The molecule has 1 aliphatic carbocycles. The van der Waals surface area contributed by atoms with E-state index in [1.54, 1.807) is 7.11 Å². The molecule has 1 aromatic carbocycles. The van der Waals surface area contributed by atoms with Crippen molar-refractivity contribution in [3.8, 4) is 5.75 Å². The van der Waals surface area contributed by atoms with Crippen LogP contribution < -0.4 is 10.1 Å². The van der Waals surface area contributed by atoms with E-state index in [0.717, 1.165) is 29.7 Å². The van der Waals surface area contributed by atoms with Gasteiger partial charge in [-0.2, -0.15) is 0 Å². The second kappa shape index (κ2) is 5.24. The van der Waals surface area contributed by atoms with Crippen LogP contribution in [-0.2, 0) is 16.6 Å². The zero-order chi connectivity index (χ0) is 14.0. The normalized spacial score (nSPS) is 15.2. The van der Waals surface area contributed by atoms with Crippen molar-refractivity contribution in [1.82, 2.24) is 5.32 Å². The van der Waals surface area contributed by atoms with E-state index in [2.05, 4.69) is 32.2 Å². The van der Waals surface area contributed by atoms with Gasteiger partial charge in [-0.15, -0.1) is 0 Å². The first kappa shape index (κ1) is 13.9. The Morgan fingerprint density at radius 1 is 1.37 bits per heavy atom. The summed E-state index contributed by atoms with van der Waals surface area (Å²) in [7, 11) is 1.68. The number of amides is 1. The Kier molecular flexibility index (Phi) is 3.83. The molecule has 0 heterocycles. The third-order valence-corrected chi connectivity index (χ3v) is 3.38. The molecule has 1 aromatic rings. The molecule has 2 rings (SSSR count). The second-order valence-electron chi connectivity index (χ2n) is 6.30. The zero-order valence-electron chi connectivity index (χ0n) is 12.2. The minimum absolute atomic E-state index is 0.00826. The minimum Gasteiger partial charge on any atom is -0.496 e. The second-order valence-corrected chi connectivity index (χ2v) is 6.30. The Balaban J connectivity index is 2.14. The van der Waals surface area contributed by atoms with E-state index in [1.165, 1.54) is 0 Å². The molecule has 0 unspecified atom stereocenters. The lowest BCUT2D eigenvalue weighted by molar-refractivity contribution is -0.120. The molecule has 104 valence electrons. The van der Waals surface area contributed by atoms with Crippen molar-refractivity contribution < 1.29 is 9.53 Å². The smallest absolute Gasteiger partial charge is 0.224 e. The highest BCUT2D eigenvalue weighted by molar-refractivity contribution is 5.79. The van der Waals surface area contributed by atoms with Crippen molar-refractivity contribution in [2.45, 2.75) is 51.5 Å². The molecular weight excluding hydrogens is 238 g/mol. The van der Waals surface area contributed by atoms with Crippen LogP contribution >= 0.6 is 0 Å². The molecule has 19 heavy (non-hydrogen) atoms. The van der Waals surface area contributed by atoms with Gasteiger partial charge in [0.2, 0.25) is 5.91 Å². The van der Waals surface area contributed by atoms with Crippen LogP contribution in [0.15, 0.2) is 18.2 Å². The lowest BCUT2D eigenvalue weighted by Gasteiger charge is -2.23. The number of methoxy groups -OCH3 is 1. The topological polar surface area (TPSA) is 38.3 Å². The average Bonchev–Trinajstić information content (AvgIpc) is 3.11. The van der Waals surface area contributed by atoms with Crippen LogP contribution in [0, 0.1) is 0 Å². The first-order chi connectivity index (χ1) is 8.90. The van der Waals surface area contributed by atoms with E-state index >= 15 is 0 Å². The Morgan fingerprint density at radius 3 is 2.58 bits per heavy atom. The van der Waals surface area contributed by atoms with Crippen molar-refractivity contribution in [2.75, 3.05) is 7.11 Å². The Morgan fingerprint density at radius 2 is 2.05 bits per heavy atom. The number of hydrogen-bond donors (Lipinski definition) is 1. The van der Waals surface area contributed by atoms with Gasteiger partial charge in [0.15, 0.2) is 0 Å². The largest absolute Gasteiger partial charge is 0.496 e. The van der Waals surface area contributed by atoms with Crippen molar-refractivity contribution in [1.29, 1.82) is 0 Å². The van der Waals surface area contributed by atoms with Crippen LogP contribution in [0.3, 0.4) is 0 Å². The van der Waals surface area contributed by atoms with E-state index < -0.39 is 0 Å². The minimum atomic E-state index is 0.00826. The average molecular weight is 261 g/mol. The van der Waals surface area contributed by atoms with Gasteiger partial charge in [-0.1, -0.05) is 32.9 Å². The maximum Gasteiger partial charge on any atom is 0.224 e. The van der Waals surface area contributed by atoms with Crippen LogP contribution in [-0.4, -0.2) is 19.1 Å². The molecule has 0 bridgehead atoms. The molecule has 3 nitrogen and oxygen atoms in total. The Bertz CT molecular complexity index is 470. The summed E-state index contributed by atoms with van der Waals surface area (Å²) >= 11 is 0. The van der Waals surface area contributed by atoms with E-state index in [4.69, 9.17) is 4.74 Å². The van der Waals surface area contributed by atoms with Gasteiger partial charge < -0.3 is 10.1 Å². The fourth-order valence-corrected chi connectivity index (χ4v) is 2.14. The number of nitrogens with one attached hydrogen (secondary N) is 1. The summed E-state index contributed by atoms with van der Waals surface area (Å²) < 4.78 is 5.41. The Labute approximate surface area is 115 Å². The van der Waals surface area contributed by atoms with Crippen LogP contribution in [0.4, 0.5) is 0 Å². The fourth-order valence-electron chi connectivity index (χ4n) is 2.14. The molecule has 1 aliphatic rings. The van der Waals surface area contributed by atoms with Crippen LogP contribution in [0.1, 0.15) is 44.7 Å². The number of benzene rings is 1. The number of rotatable bonds is 4. The summed E-state index contributed by atoms with van der Waals surface area (Å²) in [6.07, 6.45) is 2.70. The van der Waals surface area contributed by atoms with E-state index in [0.29, 0.717) is 12.5 Å². The number of hydrogen-bond acceptors (Lipinski definition) is 2. The summed E-state index contributed by atoms with van der Waals surface area (Å²) in [5, 5.41) is 3.02. The van der Waals surface area contributed by atoms with Crippen molar-refractivity contribution in [2.24, 2.45) is 0 Å². The molecule has 3 heteroatoms. The van der Waals surface area contributed by atoms with Gasteiger partial charge >= 0.3 is 0 Å². The van der Waals surface area contributed by atoms with Crippen LogP contribution in [0.2, 0.25) is 0 Å². The number of carbonyl (C=O) groups excluding carboxylic acids is 1. The van der Waals surface area contributed by atoms with E-state index in [1.807, 2.05) is 12.1 Å². The molecule has 0 radical (unpaired) electrons. The SMILES string of the molecule is COc1ccc(CC(=O)NC2CC2)cc1C(C)(C)C. The molecule has 0 aromatic heterocycles. The molecule has 1 N–H and O–H groups in total. The molecule has 1 fully saturated rings. The predicted molar refractivity (Wildman–Crippen MR) is 76.6 cm³/mol. The number of ether oxygens (including phenoxy) is 1.